The minimum Gasteiger partial charge on any atom is -0.338 e. The van der Waals surface area contributed by atoms with Crippen LogP contribution in [0.2, 0.25) is 0 Å². The molecule has 104 valence electrons. The molecule has 0 spiro atoms. The van der Waals surface area contributed by atoms with Crippen LogP contribution in [-0.2, 0) is 0 Å². The fourth-order valence-electron chi connectivity index (χ4n) is 2.09. The molecule has 1 aromatic rings. The molecule has 1 N–H and O–H groups in total. The number of urea groups is 1. The van der Waals surface area contributed by atoms with Crippen molar-refractivity contribution in [3.05, 3.63) is 22.4 Å². The molecule has 2 rings (SSSR count). The van der Waals surface area contributed by atoms with Gasteiger partial charge in [0.15, 0.2) is 5.78 Å². The van der Waals surface area contributed by atoms with Gasteiger partial charge in [-0.3, -0.25) is 9.69 Å². The van der Waals surface area contributed by atoms with Gasteiger partial charge in [0.25, 0.3) is 0 Å². The zero-order valence-electron chi connectivity index (χ0n) is 11.1. The van der Waals surface area contributed by atoms with E-state index in [1.165, 1.54) is 11.3 Å². The number of carbonyl (C=O) groups is 2. The molecule has 5 nitrogen and oxygen atoms in total. The summed E-state index contributed by atoms with van der Waals surface area (Å²) in [5, 5.41) is 4.71. The predicted molar refractivity (Wildman–Crippen MR) is 75.7 cm³/mol. The van der Waals surface area contributed by atoms with E-state index in [0.717, 1.165) is 18.0 Å². The second-order valence-electron chi connectivity index (χ2n) is 4.50. The first-order valence-corrected chi connectivity index (χ1v) is 7.40. The van der Waals surface area contributed by atoms with Crippen LogP contribution in [0, 0.1) is 0 Å². The van der Waals surface area contributed by atoms with Gasteiger partial charge in [0, 0.05) is 32.7 Å². The Balaban J connectivity index is 1.77. The number of nitrogens with zero attached hydrogens (tertiary/aromatic N) is 2. The zero-order chi connectivity index (χ0) is 13.7. The monoisotopic (exact) mass is 281 g/mol. The molecule has 0 saturated carbocycles. The average molecular weight is 281 g/mol. The molecule has 2 heterocycles. The van der Waals surface area contributed by atoms with Gasteiger partial charge in [0.2, 0.25) is 0 Å². The maximum atomic E-state index is 12.0. The molecule has 19 heavy (non-hydrogen) atoms. The summed E-state index contributed by atoms with van der Waals surface area (Å²) in [5.74, 6) is 0.168. The topological polar surface area (TPSA) is 52.7 Å². The van der Waals surface area contributed by atoms with E-state index in [1.807, 2.05) is 24.4 Å². The largest absolute Gasteiger partial charge is 0.338 e. The van der Waals surface area contributed by atoms with Crippen LogP contribution >= 0.6 is 11.3 Å². The summed E-state index contributed by atoms with van der Waals surface area (Å²) in [7, 11) is 0. The molecule has 1 aromatic heterocycles. The molecule has 0 bridgehead atoms. The van der Waals surface area contributed by atoms with E-state index in [2.05, 4.69) is 10.2 Å². The van der Waals surface area contributed by atoms with Crippen LogP contribution in [0.15, 0.2) is 17.5 Å². The number of carbonyl (C=O) groups excluding carboxylic acids is 2. The summed E-state index contributed by atoms with van der Waals surface area (Å²) in [5.41, 5.74) is 0. The minimum absolute atomic E-state index is 0.00765. The quantitative estimate of drug-likeness (QED) is 0.846. The lowest BCUT2D eigenvalue weighted by Gasteiger charge is -2.34. The number of rotatable bonds is 4. The summed E-state index contributed by atoms with van der Waals surface area (Å²) in [6.45, 7) is 5.89. The predicted octanol–water partition coefficient (Wildman–Crippen LogP) is 1.28. The average Bonchev–Trinajstić information content (AvgIpc) is 2.94. The van der Waals surface area contributed by atoms with Gasteiger partial charge in [0.05, 0.1) is 11.4 Å². The minimum atomic E-state index is -0.00765. The normalized spacial score (nSPS) is 16.4. The van der Waals surface area contributed by atoms with Crippen LogP contribution in [0.5, 0.6) is 0 Å². The Bertz CT molecular complexity index is 425. The first-order chi connectivity index (χ1) is 9.20. The van der Waals surface area contributed by atoms with E-state index in [1.54, 1.807) is 4.90 Å². The van der Waals surface area contributed by atoms with Crippen molar-refractivity contribution in [2.24, 2.45) is 0 Å². The molecule has 1 aliphatic heterocycles. The van der Waals surface area contributed by atoms with Gasteiger partial charge in [-0.05, 0) is 18.4 Å². The summed E-state index contributed by atoms with van der Waals surface area (Å²) in [4.78, 5) is 28.3. The number of hydrogen-bond donors (Lipinski definition) is 1. The van der Waals surface area contributed by atoms with Gasteiger partial charge in [-0.15, -0.1) is 11.3 Å². The third kappa shape index (κ3) is 3.78. The molecule has 1 saturated heterocycles. The maximum absolute atomic E-state index is 12.0. The standard InChI is InChI=1S/C13H19N3O2S/c1-2-14-13(18)16-7-5-15(6-8-16)10-11(17)12-4-3-9-19-12/h3-4,9H,2,5-8,10H2,1H3,(H,14,18). The lowest BCUT2D eigenvalue weighted by molar-refractivity contribution is 0.0882. The van der Waals surface area contributed by atoms with Crippen molar-refractivity contribution in [2.45, 2.75) is 6.92 Å². The van der Waals surface area contributed by atoms with E-state index >= 15 is 0 Å². The lowest BCUT2D eigenvalue weighted by atomic mass is 10.2. The number of Topliss-reactive ketones (excluding diaryl/α,β-unsaturated/α-hetero) is 1. The Morgan fingerprint density at radius 1 is 1.32 bits per heavy atom. The van der Waals surface area contributed by atoms with Gasteiger partial charge in [0.1, 0.15) is 0 Å². The summed E-state index contributed by atoms with van der Waals surface area (Å²) in [6, 6.07) is 3.75. The molecule has 1 fully saturated rings. The van der Waals surface area contributed by atoms with E-state index < -0.39 is 0 Å². The number of nitrogens with one attached hydrogen (secondary N) is 1. The molecule has 0 aliphatic carbocycles. The highest BCUT2D eigenvalue weighted by Gasteiger charge is 2.22. The van der Waals surface area contributed by atoms with E-state index in [4.69, 9.17) is 0 Å². The van der Waals surface area contributed by atoms with Crippen LogP contribution in [0.1, 0.15) is 16.6 Å². The first-order valence-electron chi connectivity index (χ1n) is 6.52. The second-order valence-corrected chi connectivity index (χ2v) is 5.45. The van der Waals surface area contributed by atoms with Crippen LogP contribution in [0.3, 0.4) is 0 Å². The van der Waals surface area contributed by atoms with Crippen LogP contribution in [0.4, 0.5) is 4.79 Å². The van der Waals surface area contributed by atoms with Crippen LogP contribution in [-0.4, -0.2) is 60.9 Å². The SMILES string of the molecule is CCNC(=O)N1CCN(CC(=O)c2cccs2)CC1. The van der Waals surface area contributed by atoms with Crippen molar-refractivity contribution in [1.82, 2.24) is 15.1 Å². The lowest BCUT2D eigenvalue weighted by Crippen LogP contribution is -2.52. The van der Waals surface area contributed by atoms with Gasteiger partial charge >= 0.3 is 6.03 Å². The summed E-state index contributed by atoms with van der Waals surface area (Å²) in [6.07, 6.45) is 0. The van der Waals surface area contributed by atoms with Gasteiger partial charge in [-0.2, -0.15) is 0 Å². The highest BCUT2D eigenvalue weighted by atomic mass is 32.1. The molecule has 0 atom stereocenters. The highest BCUT2D eigenvalue weighted by molar-refractivity contribution is 7.12. The third-order valence-electron chi connectivity index (χ3n) is 3.15. The molecular formula is C13H19N3O2S. The first kappa shape index (κ1) is 14.0. The molecule has 2 amide bonds. The fraction of sp³-hybridized carbons (Fsp3) is 0.538. The number of piperazine rings is 1. The molecule has 0 unspecified atom stereocenters. The van der Waals surface area contributed by atoms with Crippen molar-refractivity contribution >= 4 is 23.2 Å². The molecule has 0 aromatic carbocycles. The molecule has 6 heteroatoms. The number of thiophene rings is 1. The van der Waals surface area contributed by atoms with Crippen molar-refractivity contribution < 1.29 is 9.59 Å². The highest BCUT2D eigenvalue weighted by Crippen LogP contribution is 2.11. The fourth-order valence-corrected chi connectivity index (χ4v) is 2.75. The van der Waals surface area contributed by atoms with Crippen molar-refractivity contribution in [1.29, 1.82) is 0 Å². The molecule has 1 aliphatic rings. The van der Waals surface area contributed by atoms with E-state index in [0.29, 0.717) is 26.2 Å². The van der Waals surface area contributed by atoms with Gasteiger partial charge in [-0.25, -0.2) is 4.79 Å². The van der Waals surface area contributed by atoms with E-state index in [9.17, 15) is 9.59 Å². The maximum Gasteiger partial charge on any atom is 0.317 e. The summed E-state index contributed by atoms with van der Waals surface area (Å²) >= 11 is 1.48. The van der Waals surface area contributed by atoms with Gasteiger partial charge < -0.3 is 10.2 Å². The Morgan fingerprint density at radius 2 is 2.05 bits per heavy atom. The van der Waals surface area contributed by atoms with E-state index in [-0.39, 0.29) is 11.8 Å². The van der Waals surface area contributed by atoms with Crippen molar-refractivity contribution in [2.75, 3.05) is 39.3 Å². The third-order valence-corrected chi connectivity index (χ3v) is 4.06. The summed E-state index contributed by atoms with van der Waals surface area (Å²) < 4.78 is 0. The number of hydrogen-bond acceptors (Lipinski definition) is 4. The zero-order valence-corrected chi connectivity index (χ0v) is 11.9. The van der Waals surface area contributed by atoms with Gasteiger partial charge in [-0.1, -0.05) is 6.07 Å². The van der Waals surface area contributed by atoms with Crippen molar-refractivity contribution in [3.63, 3.8) is 0 Å². The second kappa shape index (κ2) is 6.68. The Hall–Kier alpha value is -1.40. The Kier molecular flexibility index (Phi) is 4.93. The molecule has 0 radical (unpaired) electrons. The molecular weight excluding hydrogens is 262 g/mol. The number of amides is 2. The Labute approximate surface area is 117 Å². The van der Waals surface area contributed by atoms with Crippen LogP contribution in [0.25, 0.3) is 0 Å². The van der Waals surface area contributed by atoms with Crippen molar-refractivity contribution in [3.8, 4) is 0 Å². The Morgan fingerprint density at radius 3 is 2.63 bits per heavy atom. The van der Waals surface area contributed by atoms with Crippen LogP contribution < -0.4 is 5.32 Å². The number of ketones is 1. The smallest absolute Gasteiger partial charge is 0.317 e.